The minimum Gasteiger partial charge on any atom is -0.496 e. The number of thiophene rings is 1. The van der Waals surface area contributed by atoms with Crippen molar-refractivity contribution < 1.29 is 14.2 Å². The topological polar surface area (TPSA) is 76.7 Å². The van der Waals surface area contributed by atoms with Gasteiger partial charge in [0.1, 0.15) is 5.75 Å². The van der Waals surface area contributed by atoms with Gasteiger partial charge in [-0.15, -0.1) is 11.3 Å². The van der Waals surface area contributed by atoms with Gasteiger partial charge in [-0.25, -0.2) is 4.98 Å². The lowest BCUT2D eigenvalue weighted by Crippen LogP contribution is -2.35. The van der Waals surface area contributed by atoms with Crippen molar-refractivity contribution in [3.8, 4) is 28.0 Å². The number of rotatable bonds is 6. The number of hydrogen-bond acceptors (Lipinski definition) is 7. The second-order valence-electron chi connectivity index (χ2n) is 6.80. The molecule has 2 aromatic heterocycles. The van der Waals surface area contributed by atoms with Gasteiger partial charge in [-0.1, -0.05) is 6.07 Å². The molecule has 0 saturated carbocycles. The largest absolute Gasteiger partial charge is 0.496 e. The maximum atomic E-state index is 12.7. The van der Waals surface area contributed by atoms with Crippen molar-refractivity contribution in [2.24, 2.45) is 0 Å². The summed E-state index contributed by atoms with van der Waals surface area (Å²) in [7, 11) is 4.85. The SMILES string of the molecule is COc1cc(OC)c(OC)cc1CN1CCc2nc(-c3cccs3)[nH]c(=O)c2C1. The maximum absolute atomic E-state index is 12.7. The molecule has 29 heavy (non-hydrogen) atoms. The lowest BCUT2D eigenvalue weighted by atomic mass is 10.1. The van der Waals surface area contributed by atoms with Crippen LogP contribution in [0.25, 0.3) is 10.7 Å². The van der Waals surface area contributed by atoms with Crippen molar-refractivity contribution in [3.05, 3.63) is 56.8 Å². The van der Waals surface area contributed by atoms with Crippen molar-refractivity contribution in [2.75, 3.05) is 27.9 Å². The van der Waals surface area contributed by atoms with E-state index in [1.54, 1.807) is 32.7 Å². The van der Waals surface area contributed by atoms with Gasteiger partial charge in [-0.3, -0.25) is 9.69 Å². The van der Waals surface area contributed by atoms with E-state index in [4.69, 9.17) is 19.2 Å². The summed E-state index contributed by atoms with van der Waals surface area (Å²) >= 11 is 1.57. The normalized spacial score (nSPS) is 13.8. The summed E-state index contributed by atoms with van der Waals surface area (Å²) in [5, 5.41) is 1.98. The van der Waals surface area contributed by atoms with Crippen LogP contribution in [0, 0.1) is 0 Å². The maximum Gasteiger partial charge on any atom is 0.255 e. The van der Waals surface area contributed by atoms with E-state index in [2.05, 4.69) is 9.88 Å². The van der Waals surface area contributed by atoms with Gasteiger partial charge in [0.15, 0.2) is 17.3 Å². The lowest BCUT2D eigenvalue weighted by molar-refractivity contribution is 0.237. The molecule has 1 aliphatic rings. The molecule has 1 aromatic carbocycles. The molecule has 3 aromatic rings. The number of hydrogen-bond donors (Lipinski definition) is 1. The Bertz CT molecular complexity index is 1060. The number of methoxy groups -OCH3 is 3. The quantitative estimate of drug-likeness (QED) is 0.669. The molecule has 1 N–H and O–H groups in total. The molecule has 0 bridgehead atoms. The van der Waals surface area contributed by atoms with Crippen LogP contribution in [-0.2, 0) is 19.5 Å². The Morgan fingerprint density at radius 1 is 1.14 bits per heavy atom. The molecule has 0 amide bonds. The van der Waals surface area contributed by atoms with E-state index < -0.39 is 0 Å². The van der Waals surface area contributed by atoms with Crippen LogP contribution in [0.1, 0.15) is 16.8 Å². The Morgan fingerprint density at radius 3 is 2.59 bits per heavy atom. The number of aromatic amines is 1. The Balaban J connectivity index is 1.59. The number of fused-ring (bicyclic) bond motifs is 1. The number of H-pyrrole nitrogens is 1. The molecule has 0 fully saturated rings. The fourth-order valence-electron chi connectivity index (χ4n) is 3.60. The van der Waals surface area contributed by atoms with Crippen LogP contribution in [-0.4, -0.2) is 42.7 Å². The van der Waals surface area contributed by atoms with E-state index in [0.29, 0.717) is 30.4 Å². The fourth-order valence-corrected chi connectivity index (χ4v) is 4.27. The minimum absolute atomic E-state index is 0.0672. The van der Waals surface area contributed by atoms with E-state index >= 15 is 0 Å². The molecule has 1 aliphatic heterocycles. The molecule has 152 valence electrons. The minimum atomic E-state index is -0.0672. The molecule has 0 unspecified atom stereocenters. The molecule has 0 saturated heterocycles. The third kappa shape index (κ3) is 3.86. The Kier molecular flexibility index (Phi) is 5.55. The van der Waals surface area contributed by atoms with E-state index in [0.717, 1.165) is 40.4 Å². The summed E-state index contributed by atoms with van der Waals surface area (Å²) in [5.74, 6) is 2.66. The van der Waals surface area contributed by atoms with E-state index in [9.17, 15) is 4.79 Å². The van der Waals surface area contributed by atoms with Crippen molar-refractivity contribution in [3.63, 3.8) is 0 Å². The highest BCUT2D eigenvalue weighted by Gasteiger charge is 2.23. The second-order valence-corrected chi connectivity index (χ2v) is 7.74. The van der Waals surface area contributed by atoms with E-state index in [-0.39, 0.29) is 5.56 Å². The lowest BCUT2D eigenvalue weighted by Gasteiger charge is -2.28. The van der Waals surface area contributed by atoms with Gasteiger partial charge < -0.3 is 19.2 Å². The zero-order valence-corrected chi connectivity index (χ0v) is 17.5. The molecule has 0 spiro atoms. The predicted octanol–water partition coefficient (Wildman–Crippen LogP) is 3.08. The van der Waals surface area contributed by atoms with Crippen LogP contribution in [0.2, 0.25) is 0 Å². The van der Waals surface area contributed by atoms with Crippen LogP contribution in [0.3, 0.4) is 0 Å². The number of nitrogens with zero attached hydrogens (tertiary/aromatic N) is 2. The second kappa shape index (κ2) is 8.26. The first kappa shape index (κ1) is 19.5. The Hall–Kier alpha value is -2.84. The smallest absolute Gasteiger partial charge is 0.255 e. The standard InChI is InChI=1S/C21H23N3O4S/c1-26-16-10-18(28-3)17(27-2)9-13(16)11-24-7-6-15-14(12-24)21(25)23-20(22-15)19-5-4-8-29-19/h4-5,8-10H,6-7,11-12H2,1-3H3,(H,22,23,25). The van der Waals surface area contributed by atoms with Crippen LogP contribution >= 0.6 is 11.3 Å². The monoisotopic (exact) mass is 413 g/mol. The summed E-state index contributed by atoms with van der Waals surface area (Å²) in [6.07, 6.45) is 0.729. The number of benzene rings is 1. The number of nitrogens with one attached hydrogen (secondary N) is 1. The van der Waals surface area contributed by atoms with Gasteiger partial charge in [0.25, 0.3) is 5.56 Å². The predicted molar refractivity (Wildman–Crippen MR) is 112 cm³/mol. The molecule has 0 aliphatic carbocycles. The van der Waals surface area contributed by atoms with E-state index in [1.165, 1.54) is 0 Å². The highest BCUT2D eigenvalue weighted by molar-refractivity contribution is 7.13. The average Bonchev–Trinajstić information content (AvgIpc) is 3.28. The first-order chi connectivity index (χ1) is 14.1. The molecular formula is C21H23N3O4S. The van der Waals surface area contributed by atoms with Crippen LogP contribution in [0.4, 0.5) is 0 Å². The first-order valence-corrected chi connectivity index (χ1v) is 10.2. The summed E-state index contributed by atoms with van der Waals surface area (Å²) in [6.45, 7) is 1.99. The van der Waals surface area contributed by atoms with E-state index in [1.807, 2.05) is 29.6 Å². The van der Waals surface area contributed by atoms with Crippen LogP contribution in [0.15, 0.2) is 34.4 Å². The van der Waals surface area contributed by atoms with Gasteiger partial charge in [0.2, 0.25) is 0 Å². The van der Waals surface area contributed by atoms with Gasteiger partial charge >= 0.3 is 0 Å². The van der Waals surface area contributed by atoms with Gasteiger partial charge in [-0.05, 0) is 17.5 Å². The van der Waals surface area contributed by atoms with Crippen LogP contribution in [0.5, 0.6) is 17.2 Å². The van der Waals surface area contributed by atoms with Gasteiger partial charge in [-0.2, -0.15) is 0 Å². The van der Waals surface area contributed by atoms with Gasteiger partial charge in [0, 0.05) is 37.7 Å². The van der Waals surface area contributed by atoms with Crippen molar-refractivity contribution >= 4 is 11.3 Å². The molecule has 0 radical (unpaired) electrons. The highest BCUT2D eigenvalue weighted by atomic mass is 32.1. The zero-order chi connectivity index (χ0) is 20.4. The van der Waals surface area contributed by atoms with Crippen LogP contribution < -0.4 is 19.8 Å². The first-order valence-electron chi connectivity index (χ1n) is 9.30. The summed E-state index contributed by atoms with van der Waals surface area (Å²) in [4.78, 5) is 23.5. The molecule has 4 rings (SSSR count). The fraction of sp³-hybridized carbons (Fsp3) is 0.333. The summed E-state index contributed by atoms with van der Waals surface area (Å²) in [6, 6.07) is 7.68. The summed E-state index contributed by atoms with van der Waals surface area (Å²) < 4.78 is 16.3. The van der Waals surface area contributed by atoms with Crippen molar-refractivity contribution in [1.29, 1.82) is 0 Å². The molecule has 0 atom stereocenters. The summed E-state index contributed by atoms with van der Waals surface area (Å²) in [5.41, 5.74) is 2.53. The number of ether oxygens (including phenoxy) is 3. The Labute approximate surface area is 172 Å². The number of aromatic nitrogens is 2. The molecule has 3 heterocycles. The molecule has 7 nitrogen and oxygen atoms in total. The molecular weight excluding hydrogens is 390 g/mol. The van der Waals surface area contributed by atoms with Gasteiger partial charge in [0.05, 0.1) is 37.5 Å². The third-order valence-corrected chi connectivity index (χ3v) is 5.96. The highest BCUT2D eigenvalue weighted by Crippen LogP contribution is 2.35. The van der Waals surface area contributed by atoms with Crippen molar-refractivity contribution in [1.82, 2.24) is 14.9 Å². The average molecular weight is 413 g/mol. The van der Waals surface area contributed by atoms with Crippen molar-refractivity contribution in [2.45, 2.75) is 19.5 Å². The third-order valence-electron chi connectivity index (χ3n) is 5.08. The zero-order valence-electron chi connectivity index (χ0n) is 16.7. The molecule has 8 heteroatoms. The Morgan fingerprint density at radius 2 is 1.90 bits per heavy atom.